The van der Waals surface area contributed by atoms with Gasteiger partial charge in [0.1, 0.15) is 0 Å². The van der Waals surface area contributed by atoms with Crippen molar-refractivity contribution in [1.82, 2.24) is 10.2 Å². The molecular weight excluding hydrogens is 256 g/mol. The van der Waals surface area contributed by atoms with Gasteiger partial charge in [-0.05, 0) is 25.8 Å². The normalized spacial score (nSPS) is 29.6. The van der Waals surface area contributed by atoms with Crippen LogP contribution in [0, 0.1) is 0 Å². The van der Waals surface area contributed by atoms with Crippen LogP contribution in [0.25, 0.3) is 0 Å². The lowest BCUT2D eigenvalue weighted by molar-refractivity contribution is -0.133. The quantitative estimate of drug-likeness (QED) is 0.837. The summed E-state index contributed by atoms with van der Waals surface area (Å²) < 4.78 is 0. The lowest BCUT2D eigenvalue weighted by Gasteiger charge is -2.35. The topological polar surface area (TPSA) is 32.3 Å². The molecule has 0 aromatic carbocycles. The fraction of sp³-hybridized carbons (Fsp3) is 0.917. The predicted molar refractivity (Wildman–Crippen MR) is 76.0 cm³/mol. The standard InChI is InChI=1S/C12H22N2OS.ClH/c1-2-10-9-14(7-8-16-10)12(15)11-5-3-4-6-13-11;/h10-11,13H,2-9H2,1H3;1H. The zero-order valence-electron chi connectivity index (χ0n) is 10.5. The summed E-state index contributed by atoms with van der Waals surface area (Å²) in [5.41, 5.74) is 0. The number of carbonyl (C=O) groups is 1. The van der Waals surface area contributed by atoms with E-state index in [4.69, 9.17) is 0 Å². The fourth-order valence-corrected chi connectivity index (χ4v) is 3.63. The van der Waals surface area contributed by atoms with Gasteiger partial charge < -0.3 is 10.2 Å². The first-order chi connectivity index (χ1) is 7.81. The first kappa shape index (κ1) is 15.1. The fourth-order valence-electron chi connectivity index (χ4n) is 2.45. The van der Waals surface area contributed by atoms with Crippen LogP contribution in [0.5, 0.6) is 0 Å². The second kappa shape index (κ2) is 7.49. The summed E-state index contributed by atoms with van der Waals surface area (Å²) >= 11 is 2.02. The van der Waals surface area contributed by atoms with Gasteiger partial charge in [0, 0.05) is 24.1 Å². The lowest BCUT2D eigenvalue weighted by Crippen LogP contribution is -2.52. The molecule has 2 fully saturated rings. The van der Waals surface area contributed by atoms with Crippen molar-refractivity contribution in [2.24, 2.45) is 0 Å². The van der Waals surface area contributed by atoms with E-state index < -0.39 is 0 Å². The SMILES string of the molecule is CCC1CN(C(=O)C2CCCCN2)CCS1.Cl. The zero-order valence-corrected chi connectivity index (χ0v) is 12.1. The average Bonchev–Trinajstić information content (AvgIpc) is 2.39. The third kappa shape index (κ3) is 4.04. The Morgan fingerprint density at radius 3 is 2.94 bits per heavy atom. The molecule has 0 aromatic heterocycles. The lowest BCUT2D eigenvalue weighted by atomic mass is 10.0. The van der Waals surface area contributed by atoms with E-state index in [0.717, 1.165) is 31.8 Å². The Labute approximate surface area is 114 Å². The smallest absolute Gasteiger partial charge is 0.239 e. The Hall–Kier alpha value is 0.0700. The summed E-state index contributed by atoms with van der Waals surface area (Å²) in [7, 11) is 0. The summed E-state index contributed by atoms with van der Waals surface area (Å²) in [5, 5.41) is 4.00. The summed E-state index contributed by atoms with van der Waals surface area (Å²) in [5.74, 6) is 1.45. The van der Waals surface area contributed by atoms with Gasteiger partial charge in [-0.1, -0.05) is 13.3 Å². The number of halogens is 1. The molecule has 0 aliphatic carbocycles. The Kier molecular flexibility index (Phi) is 6.67. The number of rotatable bonds is 2. The number of nitrogens with one attached hydrogen (secondary N) is 1. The van der Waals surface area contributed by atoms with Crippen LogP contribution >= 0.6 is 24.2 Å². The number of hydrogen-bond acceptors (Lipinski definition) is 3. The number of nitrogens with zero attached hydrogens (tertiary/aromatic N) is 1. The highest BCUT2D eigenvalue weighted by molar-refractivity contribution is 8.00. The second-order valence-electron chi connectivity index (χ2n) is 4.69. The maximum absolute atomic E-state index is 12.3. The molecule has 100 valence electrons. The minimum absolute atomic E-state index is 0. The molecular formula is C12H23ClN2OS. The van der Waals surface area contributed by atoms with Gasteiger partial charge in [0.05, 0.1) is 6.04 Å². The van der Waals surface area contributed by atoms with Crippen LogP contribution in [0.4, 0.5) is 0 Å². The van der Waals surface area contributed by atoms with Crippen molar-refractivity contribution in [2.75, 3.05) is 25.4 Å². The van der Waals surface area contributed by atoms with E-state index in [0.29, 0.717) is 11.2 Å². The highest BCUT2D eigenvalue weighted by Crippen LogP contribution is 2.22. The second-order valence-corrected chi connectivity index (χ2v) is 6.10. The van der Waals surface area contributed by atoms with Crippen LogP contribution in [0.3, 0.4) is 0 Å². The molecule has 2 rings (SSSR count). The molecule has 2 heterocycles. The van der Waals surface area contributed by atoms with Crippen LogP contribution in [-0.4, -0.2) is 47.5 Å². The number of hydrogen-bond donors (Lipinski definition) is 1. The van der Waals surface area contributed by atoms with Gasteiger partial charge in [0.15, 0.2) is 0 Å². The summed E-state index contributed by atoms with van der Waals surface area (Å²) in [6, 6.07) is 0.106. The minimum atomic E-state index is 0. The summed E-state index contributed by atoms with van der Waals surface area (Å²) in [6.45, 7) is 5.12. The van der Waals surface area contributed by atoms with Crippen LogP contribution in [-0.2, 0) is 4.79 Å². The molecule has 0 bridgehead atoms. The van der Waals surface area contributed by atoms with E-state index in [2.05, 4.69) is 17.1 Å². The molecule has 2 atom stereocenters. The van der Waals surface area contributed by atoms with E-state index in [9.17, 15) is 4.79 Å². The Bertz CT molecular complexity index is 247. The van der Waals surface area contributed by atoms with Gasteiger partial charge in [-0.15, -0.1) is 12.4 Å². The van der Waals surface area contributed by atoms with Gasteiger partial charge in [-0.25, -0.2) is 0 Å². The molecule has 3 nitrogen and oxygen atoms in total. The molecule has 2 saturated heterocycles. The van der Waals surface area contributed by atoms with E-state index >= 15 is 0 Å². The van der Waals surface area contributed by atoms with E-state index in [-0.39, 0.29) is 18.4 Å². The van der Waals surface area contributed by atoms with Crippen molar-refractivity contribution in [3.05, 3.63) is 0 Å². The van der Waals surface area contributed by atoms with Gasteiger partial charge >= 0.3 is 0 Å². The molecule has 2 aliphatic heterocycles. The molecule has 5 heteroatoms. The van der Waals surface area contributed by atoms with E-state index in [1.807, 2.05) is 11.8 Å². The maximum Gasteiger partial charge on any atom is 0.239 e. The summed E-state index contributed by atoms with van der Waals surface area (Å²) in [6.07, 6.45) is 4.62. The number of piperidine rings is 1. The maximum atomic E-state index is 12.3. The van der Waals surface area contributed by atoms with Crippen molar-refractivity contribution < 1.29 is 4.79 Å². The van der Waals surface area contributed by atoms with Gasteiger partial charge in [-0.2, -0.15) is 11.8 Å². The Balaban J connectivity index is 0.00000144. The van der Waals surface area contributed by atoms with Gasteiger partial charge in [0.2, 0.25) is 5.91 Å². The minimum Gasteiger partial charge on any atom is -0.339 e. The van der Waals surface area contributed by atoms with Crippen molar-refractivity contribution in [3.8, 4) is 0 Å². The van der Waals surface area contributed by atoms with E-state index in [1.165, 1.54) is 19.3 Å². The molecule has 1 amide bonds. The van der Waals surface area contributed by atoms with Gasteiger partial charge in [0.25, 0.3) is 0 Å². The molecule has 2 unspecified atom stereocenters. The van der Waals surface area contributed by atoms with Gasteiger partial charge in [-0.3, -0.25) is 4.79 Å². The number of carbonyl (C=O) groups excluding carboxylic acids is 1. The summed E-state index contributed by atoms with van der Waals surface area (Å²) in [4.78, 5) is 14.3. The molecule has 17 heavy (non-hydrogen) atoms. The first-order valence-electron chi connectivity index (χ1n) is 6.45. The van der Waals surface area contributed by atoms with Crippen LogP contribution in [0.1, 0.15) is 32.6 Å². The molecule has 0 spiro atoms. The third-order valence-electron chi connectivity index (χ3n) is 3.51. The molecule has 2 aliphatic rings. The molecule has 0 radical (unpaired) electrons. The molecule has 0 aromatic rings. The third-order valence-corrected chi connectivity index (χ3v) is 4.89. The number of amides is 1. The van der Waals surface area contributed by atoms with Crippen molar-refractivity contribution in [1.29, 1.82) is 0 Å². The van der Waals surface area contributed by atoms with Crippen molar-refractivity contribution >= 4 is 30.1 Å². The highest BCUT2D eigenvalue weighted by atomic mass is 35.5. The highest BCUT2D eigenvalue weighted by Gasteiger charge is 2.29. The van der Waals surface area contributed by atoms with Crippen LogP contribution in [0.15, 0.2) is 0 Å². The monoisotopic (exact) mass is 278 g/mol. The van der Waals surface area contributed by atoms with E-state index in [1.54, 1.807) is 0 Å². The molecule has 0 saturated carbocycles. The Morgan fingerprint density at radius 2 is 2.29 bits per heavy atom. The first-order valence-corrected chi connectivity index (χ1v) is 7.50. The average molecular weight is 279 g/mol. The molecule has 1 N–H and O–H groups in total. The van der Waals surface area contributed by atoms with Crippen LogP contribution < -0.4 is 5.32 Å². The zero-order chi connectivity index (χ0) is 11.4. The van der Waals surface area contributed by atoms with Crippen LogP contribution in [0.2, 0.25) is 0 Å². The Morgan fingerprint density at radius 1 is 1.47 bits per heavy atom. The predicted octanol–water partition coefficient (Wildman–Crippen LogP) is 1.90. The largest absolute Gasteiger partial charge is 0.339 e. The number of thioether (sulfide) groups is 1. The van der Waals surface area contributed by atoms with Crippen molar-refractivity contribution in [2.45, 2.75) is 43.9 Å². The van der Waals surface area contributed by atoms with Crippen molar-refractivity contribution in [3.63, 3.8) is 0 Å².